The Balaban J connectivity index is 2.61. The van der Waals surface area contributed by atoms with E-state index in [9.17, 15) is 5.11 Å². The molecule has 0 fully saturated rings. The molecule has 0 amide bonds. The van der Waals surface area contributed by atoms with Crippen LogP contribution in [-0.2, 0) is 6.54 Å². The second-order valence-corrected chi connectivity index (χ2v) is 5.17. The van der Waals surface area contributed by atoms with Crippen LogP contribution in [0.5, 0.6) is 11.5 Å². The van der Waals surface area contributed by atoms with Gasteiger partial charge in [-0.3, -0.25) is 0 Å². The third kappa shape index (κ3) is 5.94. The summed E-state index contributed by atoms with van der Waals surface area (Å²) in [4.78, 5) is 0. The lowest BCUT2D eigenvalue weighted by Crippen LogP contribution is -2.23. The van der Waals surface area contributed by atoms with Crippen molar-refractivity contribution in [3.63, 3.8) is 0 Å². The lowest BCUT2D eigenvalue weighted by atomic mass is 10.2. The van der Waals surface area contributed by atoms with Crippen LogP contribution in [-0.4, -0.2) is 31.5 Å². The molecule has 4 nitrogen and oxygen atoms in total. The predicted molar refractivity (Wildman–Crippen MR) is 76.7 cm³/mol. The normalized spacial score (nSPS) is 12.5. The zero-order chi connectivity index (χ0) is 14.3. The standard InChI is InChI=1S/C15H25NO3/c1-11(2)10-19-14-6-5-13(7-15(14)18-4)9-16-8-12(3)17/h5-7,11-12,16-17H,8-10H2,1-4H3. The first-order valence-electron chi connectivity index (χ1n) is 6.71. The van der Waals surface area contributed by atoms with E-state index >= 15 is 0 Å². The Labute approximate surface area is 115 Å². The van der Waals surface area contributed by atoms with Crippen molar-refractivity contribution in [3.05, 3.63) is 23.8 Å². The van der Waals surface area contributed by atoms with Crippen LogP contribution in [0, 0.1) is 5.92 Å². The highest BCUT2D eigenvalue weighted by Crippen LogP contribution is 2.28. The number of aliphatic hydroxyl groups excluding tert-OH is 1. The summed E-state index contributed by atoms with van der Waals surface area (Å²) < 4.78 is 11.0. The fourth-order valence-corrected chi connectivity index (χ4v) is 1.62. The van der Waals surface area contributed by atoms with Gasteiger partial charge < -0.3 is 19.9 Å². The van der Waals surface area contributed by atoms with Gasteiger partial charge in [-0.25, -0.2) is 0 Å². The summed E-state index contributed by atoms with van der Waals surface area (Å²) >= 11 is 0. The molecule has 0 aliphatic rings. The summed E-state index contributed by atoms with van der Waals surface area (Å²) in [5.74, 6) is 2.00. The summed E-state index contributed by atoms with van der Waals surface area (Å²) in [5, 5.41) is 12.4. The molecule has 2 N–H and O–H groups in total. The van der Waals surface area contributed by atoms with E-state index in [0.717, 1.165) is 17.1 Å². The van der Waals surface area contributed by atoms with Gasteiger partial charge in [0.2, 0.25) is 0 Å². The molecule has 1 rings (SSSR count). The molecule has 0 saturated heterocycles. The largest absolute Gasteiger partial charge is 0.493 e. The lowest BCUT2D eigenvalue weighted by molar-refractivity contribution is 0.191. The maximum atomic E-state index is 9.19. The molecule has 0 aliphatic carbocycles. The van der Waals surface area contributed by atoms with Crippen molar-refractivity contribution >= 4 is 0 Å². The number of nitrogens with one attached hydrogen (secondary N) is 1. The van der Waals surface area contributed by atoms with Gasteiger partial charge in [-0.05, 0) is 30.5 Å². The van der Waals surface area contributed by atoms with Gasteiger partial charge in [0.25, 0.3) is 0 Å². The zero-order valence-corrected chi connectivity index (χ0v) is 12.3. The Bertz CT molecular complexity index is 378. The number of ether oxygens (including phenoxy) is 2. The van der Waals surface area contributed by atoms with E-state index in [1.807, 2.05) is 18.2 Å². The minimum absolute atomic E-state index is 0.337. The van der Waals surface area contributed by atoms with Crippen molar-refractivity contribution in [2.24, 2.45) is 5.92 Å². The average Bonchev–Trinajstić information content (AvgIpc) is 2.36. The Kier molecular flexibility index (Phi) is 6.67. The molecule has 1 atom stereocenters. The van der Waals surface area contributed by atoms with Gasteiger partial charge in [-0.1, -0.05) is 19.9 Å². The summed E-state index contributed by atoms with van der Waals surface area (Å²) in [6.07, 6.45) is -0.337. The van der Waals surface area contributed by atoms with E-state index in [-0.39, 0.29) is 6.10 Å². The summed E-state index contributed by atoms with van der Waals surface area (Å²) in [6.45, 7) is 7.94. The lowest BCUT2D eigenvalue weighted by Gasteiger charge is -2.14. The monoisotopic (exact) mass is 267 g/mol. The topological polar surface area (TPSA) is 50.7 Å². The van der Waals surface area contributed by atoms with E-state index in [0.29, 0.717) is 25.6 Å². The molecule has 1 unspecified atom stereocenters. The van der Waals surface area contributed by atoms with Crippen LogP contribution >= 0.6 is 0 Å². The van der Waals surface area contributed by atoms with E-state index in [1.54, 1.807) is 14.0 Å². The molecule has 4 heteroatoms. The third-order valence-corrected chi connectivity index (χ3v) is 2.57. The second kappa shape index (κ2) is 8.02. The minimum Gasteiger partial charge on any atom is -0.493 e. The fourth-order valence-electron chi connectivity index (χ4n) is 1.62. The van der Waals surface area contributed by atoms with Crippen LogP contribution in [0.2, 0.25) is 0 Å². The number of methoxy groups -OCH3 is 1. The SMILES string of the molecule is COc1cc(CNCC(C)O)ccc1OCC(C)C. The molecule has 108 valence electrons. The molecule has 0 bridgehead atoms. The molecule has 0 aromatic heterocycles. The maximum Gasteiger partial charge on any atom is 0.161 e. The number of rotatable bonds is 8. The predicted octanol–water partition coefficient (Wildman–Crippen LogP) is 2.20. The molecule has 0 heterocycles. The minimum atomic E-state index is -0.337. The van der Waals surface area contributed by atoms with Crippen molar-refractivity contribution in [1.29, 1.82) is 0 Å². The first-order valence-corrected chi connectivity index (χ1v) is 6.71. The Morgan fingerprint density at radius 3 is 2.53 bits per heavy atom. The smallest absolute Gasteiger partial charge is 0.161 e. The molecular weight excluding hydrogens is 242 g/mol. The van der Waals surface area contributed by atoms with Gasteiger partial charge >= 0.3 is 0 Å². The van der Waals surface area contributed by atoms with E-state index < -0.39 is 0 Å². The number of hydrogen-bond acceptors (Lipinski definition) is 4. The molecular formula is C15H25NO3. The van der Waals surface area contributed by atoms with Gasteiger partial charge in [0.15, 0.2) is 11.5 Å². The van der Waals surface area contributed by atoms with Crippen LogP contribution in [0.1, 0.15) is 26.3 Å². The highest BCUT2D eigenvalue weighted by molar-refractivity contribution is 5.42. The van der Waals surface area contributed by atoms with Crippen molar-refractivity contribution < 1.29 is 14.6 Å². The number of aliphatic hydroxyl groups is 1. The van der Waals surface area contributed by atoms with Crippen LogP contribution in [0.3, 0.4) is 0 Å². The summed E-state index contributed by atoms with van der Waals surface area (Å²) in [5.41, 5.74) is 1.11. The Hall–Kier alpha value is -1.26. The zero-order valence-electron chi connectivity index (χ0n) is 12.3. The van der Waals surface area contributed by atoms with Crippen molar-refractivity contribution in [3.8, 4) is 11.5 Å². The third-order valence-electron chi connectivity index (χ3n) is 2.57. The van der Waals surface area contributed by atoms with Crippen molar-refractivity contribution in [2.75, 3.05) is 20.3 Å². The molecule has 0 saturated carbocycles. The first-order chi connectivity index (χ1) is 9.02. The molecule has 1 aromatic carbocycles. The molecule has 19 heavy (non-hydrogen) atoms. The maximum absolute atomic E-state index is 9.19. The molecule has 0 spiro atoms. The summed E-state index contributed by atoms with van der Waals surface area (Å²) in [7, 11) is 1.64. The van der Waals surface area contributed by atoms with Crippen LogP contribution < -0.4 is 14.8 Å². The Morgan fingerprint density at radius 2 is 1.95 bits per heavy atom. The van der Waals surface area contributed by atoms with E-state index in [4.69, 9.17) is 9.47 Å². The number of benzene rings is 1. The molecule has 0 radical (unpaired) electrons. The van der Waals surface area contributed by atoms with E-state index in [1.165, 1.54) is 0 Å². The van der Waals surface area contributed by atoms with Gasteiger partial charge in [-0.15, -0.1) is 0 Å². The Morgan fingerprint density at radius 1 is 1.21 bits per heavy atom. The highest BCUT2D eigenvalue weighted by Gasteiger charge is 2.07. The summed E-state index contributed by atoms with van der Waals surface area (Å²) in [6, 6.07) is 5.90. The van der Waals surface area contributed by atoms with Gasteiger partial charge in [0.05, 0.1) is 19.8 Å². The first kappa shape index (κ1) is 15.8. The van der Waals surface area contributed by atoms with Crippen LogP contribution in [0.15, 0.2) is 18.2 Å². The quantitative estimate of drug-likeness (QED) is 0.758. The average molecular weight is 267 g/mol. The van der Waals surface area contributed by atoms with E-state index in [2.05, 4.69) is 19.2 Å². The molecule has 0 aliphatic heterocycles. The van der Waals surface area contributed by atoms with Crippen molar-refractivity contribution in [1.82, 2.24) is 5.32 Å². The van der Waals surface area contributed by atoms with Crippen molar-refractivity contribution in [2.45, 2.75) is 33.4 Å². The van der Waals surface area contributed by atoms with Gasteiger partial charge in [0.1, 0.15) is 0 Å². The second-order valence-electron chi connectivity index (χ2n) is 5.17. The highest BCUT2D eigenvalue weighted by atomic mass is 16.5. The van der Waals surface area contributed by atoms with Crippen LogP contribution in [0.25, 0.3) is 0 Å². The fraction of sp³-hybridized carbons (Fsp3) is 0.600. The van der Waals surface area contributed by atoms with Crippen LogP contribution in [0.4, 0.5) is 0 Å². The van der Waals surface area contributed by atoms with Gasteiger partial charge in [0, 0.05) is 13.1 Å². The number of hydrogen-bond donors (Lipinski definition) is 2. The molecule has 1 aromatic rings. The van der Waals surface area contributed by atoms with Gasteiger partial charge in [-0.2, -0.15) is 0 Å².